The number of nitrogens with one attached hydrogen (secondary N) is 1. The summed E-state index contributed by atoms with van der Waals surface area (Å²) in [6.07, 6.45) is 1.78. The van der Waals surface area contributed by atoms with Crippen LogP contribution in [0.25, 0.3) is 0 Å². The first kappa shape index (κ1) is 11.1. The van der Waals surface area contributed by atoms with Gasteiger partial charge in [-0.05, 0) is 37.1 Å². The Kier molecular flexibility index (Phi) is 2.92. The van der Waals surface area contributed by atoms with Gasteiger partial charge in [0, 0.05) is 6.42 Å². The van der Waals surface area contributed by atoms with E-state index in [1.54, 1.807) is 12.1 Å². The van der Waals surface area contributed by atoms with Gasteiger partial charge < -0.3 is 10.4 Å². The lowest BCUT2D eigenvalue weighted by Crippen LogP contribution is -2.49. The van der Waals surface area contributed by atoms with E-state index in [1.807, 2.05) is 0 Å². The average molecular weight is 223 g/mol. The van der Waals surface area contributed by atoms with E-state index in [2.05, 4.69) is 5.32 Å². The van der Waals surface area contributed by atoms with E-state index in [1.165, 1.54) is 12.1 Å². The van der Waals surface area contributed by atoms with E-state index in [-0.39, 0.29) is 5.82 Å². The predicted molar refractivity (Wildman–Crippen MR) is 57.7 cm³/mol. The molecule has 0 aromatic heterocycles. The van der Waals surface area contributed by atoms with Gasteiger partial charge in [-0.1, -0.05) is 12.1 Å². The fourth-order valence-electron chi connectivity index (χ4n) is 2.21. The molecule has 2 N–H and O–H groups in total. The molecule has 1 atom stereocenters. The minimum Gasteiger partial charge on any atom is -0.480 e. The molecule has 86 valence electrons. The van der Waals surface area contributed by atoms with Gasteiger partial charge in [-0.2, -0.15) is 0 Å². The van der Waals surface area contributed by atoms with Gasteiger partial charge in [0.25, 0.3) is 0 Å². The number of rotatable bonds is 3. The maximum absolute atomic E-state index is 13.0. The number of hydrogen-bond acceptors (Lipinski definition) is 2. The van der Waals surface area contributed by atoms with Gasteiger partial charge in [0.1, 0.15) is 11.4 Å². The first-order chi connectivity index (χ1) is 7.62. The zero-order valence-corrected chi connectivity index (χ0v) is 8.87. The van der Waals surface area contributed by atoms with Crippen molar-refractivity contribution in [2.75, 3.05) is 6.54 Å². The maximum Gasteiger partial charge on any atom is 0.324 e. The van der Waals surface area contributed by atoms with Crippen LogP contribution < -0.4 is 5.32 Å². The fourth-order valence-corrected chi connectivity index (χ4v) is 2.21. The molecule has 1 aromatic carbocycles. The van der Waals surface area contributed by atoms with Crippen molar-refractivity contribution >= 4 is 5.97 Å². The van der Waals surface area contributed by atoms with Crippen LogP contribution in [0.15, 0.2) is 24.3 Å². The summed E-state index contributed by atoms with van der Waals surface area (Å²) < 4.78 is 13.0. The van der Waals surface area contributed by atoms with Crippen molar-refractivity contribution < 1.29 is 14.3 Å². The average Bonchev–Trinajstić information content (AvgIpc) is 2.67. The molecule has 1 aliphatic rings. The number of carbonyl (C=O) groups is 1. The smallest absolute Gasteiger partial charge is 0.324 e. The summed E-state index contributed by atoms with van der Waals surface area (Å²) in [7, 11) is 0. The third kappa shape index (κ3) is 2.07. The quantitative estimate of drug-likeness (QED) is 0.817. The second kappa shape index (κ2) is 4.22. The molecule has 0 radical (unpaired) electrons. The van der Waals surface area contributed by atoms with Crippen LogP contribution in [-0.2, 0) is 11.2 Å². The third-order valence-electron chi connectivity index (χ3n) is 3.05. The lowest BCUT2D eigenvalue weighted by molar-refractivity contribution is -0.144. The molecule has 1 saturated heterocycles. The van der Waals surface area contributed by atoms with E-state index >= 15 is 0 Å². The van der Waals surface area contributed by atoms with Crippen molar-refractivity contribution in [2.24, 2.45) is 0 Å². The second-order valence-electron chi connectivity index (χ2n) is 4.22. The number of aliphatic carboxylic acids is 1. The van der Waals surface area contributed by atoms with Gasteiger partial charge in [0.05, 0.1) is 0 Å². The Morgan fingerprint density at radius 2 is 2.38 bits per heavy atom. The SMILES string of the molecule is O=C(O)C1(Cc2cccc(F)c2)CCCN1. The summed E-state index contributed by atoms with van der Waals surface area (Å²) in [6.45, 7) is 0.710. The van der Waals surface area contributed by atoms with Gasteiger partial charge >= 0.3 is 5.97 Å². The zero-order chi connectivity index (χ0) is 11.6. The standard InChI is InChI=1S/C12H14FNO2/c13-10-4-1-3-9(7-10)8-12(11(15)16)5-2-6-14-12/h1,3-4,7,14H,2,5-6,8H2,(H,15,16). The van der Waals surface area contributed by atoms with E-state index in [9.17, 15) is 14.3 Å². The molecular formula is C12H14FNO2. The molecule has 16 heavy (non-hydrogen) atoms. The molecule has 0 bridgehead atoms. The van der Waals surface area contributed by atoms with E-state index in [4.69, 9.17) is 0 Å². The van der Waals surface area contributed by atoms with Crippen LogP contribution in [0.2, 0.25) is 0 Å². The molecule has 1 aliphatic heterocycles. The molecule has 1 fully saturated rings. The molecule has 1 heterocycles. The Morgan fingerprint density at radius 1 is 1.56 bits per heavy atom. The van der Waals surface area contributed by atoms with Gasteiger partial charge in [0.2, 0.25) is 0 Å². The topological polar surface area (TPSA) is 49.3 Å². The molecule has 2 rings (SSSR count). The monoisotopic (exact) mass is 223 g/mol. The van der Waals surface area contributed by atoms with Crippen LogP contribution >= 0.6 is 0 Å². The number of carboxylic acid groups (broad SMARTS) is 1. The highest BCUT2D eigenvalue weighted by Gasteiger charge is 2.40. The number of carboxylic acids is 1. The van der Waals surface area contributed by atoms with E-state index in [0.29, 0.717) is 19.4 Å². The van der Waals surface area contributed by atoms with Gasteiger partial charge in [0.15, 0.2) is 0 Å². The van der Waals surface area contributed by atoms with Crippen LogP contribution in [0.3, 0.4) is 0 Å². The third-order valence-corrected chi connectivity index (χ3v) is 3.05. The molecule has 0 spiro atoms. The Balaban J connectivity index is 2.21. The Hall–Kier alpha value is -1.42. The first-order valence-corrected chi connectivity index (χ1v) is 5.35. The number of benzene rings is 1. The molecule has 4 heteroatoms. The summed E-state index contributed by atoms with van der Waals surface area (Å²) in [5.41, 5.74) is -0.190. The minimum atomic E-state index is -0.909. The summed E-state index contributed by atoms with van der Waals surface area (Å²) in [5, 5.41) is 12.3. The van der Waals surface area contributed by atoms with Crippen molar-refractivity contribution in [3.63, 3.8) is 0 Å². The summed E-state index contributed by atoms with van der Waals surface area (Å²) in [5.74, 6) is -1.18. The molecular weight excluding hydrogens is 209 g/mol. The highest BCUT2D eigenvalue weighted by molar-refractivity contribution is 5.79. The number of halogens is 1. The van der Waals surface area contributed by atoms with Crippen molar-refractivity contribution in [1.82, 2.24) is 5.32 Å². The van der Waals surface area contributed by atoms with Crippen molar-refractivity contribution in [3.8, 4) is 0 Å². The summed E-state index contributed by atoms with van der Waals surface area (Å²) in [4.78, 5) is 11.3. The van der Waals surface area contributed by atoms with Crippen LogP contribution in [0.4, 0.5) is 4.39 Å². The molecule has 0 amide bonds. The van der Waals surface area contributed by atoms with Crippen LogP contribution in [0.1, 0.15) is 18.4 Å². The normalized spacial score (nSPS) is 24.6. The highest BCUT2D eigenvalue weighted by Crippen LogP contribution is 2.24. The van der Waals surface area contributed by atoms with Crippen molar-refractivity contribution in [3.05, 3.63) is 35.6 Å². The van der Waals surface area contributed by atoms with Crippen molar-refractivity contribution in [1.29, 1.82) is 0 Å². The molecule has 1 aromatic rings. The first-order valence-electron chi connectivity index (χ1n) is 5.35. The molecule has 0 aliphatic carbocycles. The number of hydrogen-bond donors (Lipinski definition) is 2. The highest BCUT2D eigenvalue weighted by atomic mass is 19.1. The lowest BCUT2D eigenvalue weighted by Gasteiger charge is -2.24. The Morgan fingerprint density at radius 3 is 2.94 bits per heavy atom. The largest absolute Gasteiger partial charge is 0.480 e. The van der Waals surface area contributed by atoms with Gasteiger partial charge in [-0.25, -0.2) is 4.39 Å². The van der Waals surface area contributed by atoms with Crippen LogP contribution in [-0.4, -0.2) is 23.2 Å². The zero-order valence-electron chi connectivity index (χ0n) is 8.87. The van der Waals surface area contributed by atoms with Crippen LogP contribution in [0.5, 0.6) is 0 Å². The van der Waals surface area contributed by atoms with E-state index in [0.717, 1.165) is 12.0 Å². The Bertz CT molecular complexity index is 400. The molecule has 0 saturated carbocycles. The van der Waals surface area contributed by atoms with Gasteiger partial charge in [-0.3, -0.25) is 4.79 Å². The summed E-state index contributed by atoms with van der Waals surface area (Å²) >= 11 is 0. The fraction of sp³-hybridized carbons (Fsp3) is 0.417. The maximum atomic E-state index is 13.0. The molecule has 3 nitrogen and oxygen atoms in total. The summed E-state index contributed by atoms with van der Waals surface area (Å²) in [6, 6.07) is 6.12. The van der Waals surface area contributed by atoms with Crippen LogP contribution in [0, 0.1) is 5.82 Å². The molecule has 1 unspecified atom stereocenters. The van der Waals surface area contributed by atoms with Crippen molar-refractivity contribution in [2.45, 2.75) is 24.8 Å². The minimum absolute atomic E-state index is 0.323. The van der Waals surface area contributed by atoms with Gasteiger partial charge in [-0.15, -0.1) is 0 Å². The Labute approximate surface area is 93.3 Å². The predicted octanol–water partition coefficient (Wildman–Crippen LogP) is 1.57. The second-order valence-corrected chi connectivity index (χ2v) is 4.22. The van der Waals surface area contributed by atoms with E-state index < -0.39 is 11.5 Å². The lowest BCUT2D eigenvalue weighted by atomic mass is 9.89.